The molecule has 1 fully saturated rings. The van der Waals surface area contributed by atoms with Gasteiger partial charge in [-0.05, 0) is 43.0 Å². The lowest BCUT2D eigenvalue weighted by atomic mass is 9.96. The van der Waals surface area contributed by atoms with Crippen LogP contribution in [0.2, 0.25) is 0 Å². The Morgan fingerprint density at radius 3 is 2.58 bits per heavy atom. The normalized spacial score (nSPS) is 21.8. The van der Waals surface area contributed by atoms with Crippen LogP contribution in [0.3, 0.4) is 0 Å². The number of hydrogen-bond acceptors (Lipinski definition) is 4. The van der Waals surface area contributed by atoms with Gasteiger partial charge in [-0.2, -0.15) is 0 Å². The van der Waals surface area contributed by atoms with Crippen LogP contribution >= 0.6 is 23.5 Å². The third kappa shape index (κ3) is 3.13. The van der Waals surface area contributed by atoms with E-state index in [1.165, 1.54) is 38.9 Å². The van der Waals surface area contributed by atoms with Crippen molar-refractivity contribution in [1.29, 1.82) is 0 Å². The standard InChI is InChI=1S/C20H24N2S2/c1-21-10-12-22(13-11-21)17-14-15-6-3-4-8-18(15)24-20-16(17)7-5-9-19(20)23-2/h3-9,17H,10-14H2,1-2H3. The fraction of sp³-hybridized carbons (Fsp3) is 0.400. The highest BCUT2D eigenvalue weighted by Gasteiger charge is 2.30. The number of thioether (sulfide) groups is 1. The molecule has 2 aliphatic heterocycles. The van der Waals surface area contributed by atoms with Crippen molar-refractivity contribution in [3.63, 3.8) is 0 Å². The summed E-state index contributed by atoms with van der Waals surface area (Å²) in [5.74, 6) is 0. The van der Waals surface area contributed by atoms with E-state index < -0.39 is 0 Å². The largest absolute Gasteiger partial charge is 0.304 e. The lowest BCUT2D eigenvalue weighted by Crippen LogP contribution is -2.46. The zero-order valence-corrected chi connectivity index (χ0v) is 16.0. The molecule has 2 aromatic carbocycles. The summed E-state index contributed by atoms with van der Waals surface area (Å²) in [4.78, 5) is 9.45. The Kier molecular flexibility index (Phi) is 4.90. The first-order chi connectivity index (χ1) is 11.8. The Balaban J connectivity index is 1.79. The minimum absolute atomic E-state index is 0.497. The number of likely N-dealkylation sites (N-methyl/N-ethyl adjacent to an activating group) is 1. The highest BCUT2D eigenvalue weighted by Crippen LogP contribution is 2.46. The van der Waals surface area contributed by atoms with Crippen molar-refractivity contribution >= 4 is 23.5 Å². The van der Waals surface area contributed by atoms with Gasteiger partial charge in [-0.15, -0.1) is 11.8 Å². The molecule has 0 N–H and O–H groups in total. The molecule has 1 atom stereocenters. The van der Waals surface area contributed by atoms with Crippen LogP contribution in [0, 0.1) is 0 Å². The number of fused-ring (bicyclic) bond motifs is 2. The molecule has 0 saturated carbocycles. The molecule has 0 spiro atoms. The van der Waals surface area contributed by atoms with E-state index in [0.717, 1.165) is 19.5 Å². The Bertz CT molecular complexity index is 723. The van der Waals surface area contributed by atoms with Gasteiger partial charge in [0, 0.05) is 46.9 Å². The summed E-state index contributed by atoms with van der Waals surface area (Å²) in [5.41, 5.74) is 3.02. The van der Waals surface area contributed by atoms with E-state index in [9.17, 15) is 0 Å². The van der Waals surface area contributed by atoms with Gasteiger partial charge in [0.2, 0.25) is 0 Å². The summed E-state index contributed by atoms with van der Waals surface area (Å²) < 4.78 is 0. The van der Waals surface area contributed by atoms with Gasteiger partial charge < -0.3 is 4.90 Å². The van der Waals surface area contributed by atoms with Crippen LogP contribution in [0.4, 0.5) is 0 Å². The third-order valence-corrected chi connectivity index (χ3v) is 7.35. The van der Waals surface area contributed by atoms with Crippen molar-refractivity contribution in [1.82, 2.24) is 9.80 Å². The molecule has 0 aromatic heterocycles. The van der Waals surface area contributed by atoms with Crippen molar-refractivity contribution in [2.24, 2.45) is 0 Å². The van der Waals surface area contributed by atoms with Gasteiger partial charge in [0.25, 0.3) is 0 Å². The van der Waals surface area contributed by atoms with Crippen LogP contribution < -0.4 is 0 Å². The van der Waals surface area contributed by atoms with Crippen LogP contribution in [0.15, 0.2) is 57.2 Å². The molecule has 2 aliphatic rings. The number of piperazine rings is 1. The Morgan fingerprint density at radius 2 is 1.79 bits per heavy atom. The summed E-state index contributed by atoms with van der Waals surface area (Å²) in [6, 6.07) is 16.3. The van der Waals surface area contributed by atoms with E-state index in [0.29, 0.717) is 6.04 Å². The highest BCUT2D eigenvalue weighted by molar-refractivity contribution is 8.02. The molecule has 126 valence electrons. The second-order valence-corrected chi connectivity index (χ2v) is 8.55. The van der Waals surface area contributed by atoms with Crippen molar-refractivity contribution in [2.45, 2.75) is 27.1 Å². The minimum Gasteiger partial charge on any atom is -0.304 e. The molecule has 2 heterocycles. The maximum Gasteiger partial charge on any atom is 0.0401 e. The van der Waals surface area contributed by atoms with Crippen LogP contribution in [0.1, 0.15) is 17.2 Å². The predicted octanol–water partition coefficient (Wildman–Crippen LogP) is 4.40. The SMILES string of the molecule is CSc1cccc2c1Sc1ccccc1CC2N1CCN(C)CC1. The van der Waals surface area contributed by atoms with E-state index in [2.05, 4.69) is 65.6 Å². The van der Waals surface area contributed by atoms with Crippen molar-refractivity contribution < 1.29 is 0 Å². The van der Waals surface area contributed by atoms with Crippen molar-refractivity contribution in [2.75, 3.05) is 39.5 Å². The van der Waals surface area contributed by atoms with Crippen LogP contribution in [-0.2, 0) is 6.42 Å². The molecule has 2 aromatic rings. The topological polar surface area (TPSA) is 6.48 Å². The zero-order chi connectivity index (χ0) is 16.5. The number of benzene rings is 2. The second kappa shape index (κ2) is 7.12. The maximum atomic E-state index is 2.70. The monoisotopic (exact) mass is 356 g/mol. The molecule has 4 heteroatoms. The maximum absolute atomic E-state index is 2.70. The summed E-state index contributed by atoms with van der Waals surface area (Å²) >= 11 is 3.83. The second-order valence-electron chi connectivity index (χ2n) is 6.65. The molecule has 0 amide bonds. The Morgan fingerprint density at radius 1 is 1.00 bits per heavy atom. The minimum atomic E-state index is 0.497. The first-order valence-electron chi connectivity index (χ1n) is 8.61. The molecule has 2 nitrogen and oxygen atoms in total. The molecule has 1 saturated heterocycles. The highest BCUT2D eigenvalue weighted by atomic mass is 32.2. The fourth-order valence-electron chi connectivity index (χ4n) is 3.72. The lowest BCUT2D eigenvalue weighted by molar-refractivity contribution is 0.109. The summed E-state index contributed by atoms with van der Waals surface area (Å²) in [7, 11) is 2.23. The molecule has 1 unspecified atom stereocenters. The van der Waals surface area contributed by atoms with E-state index in [-0.39, 0.29) is 0 Å². The predicted molar refractivity (Wildman–Crippen MR) is 104 cm³/mol. The first kappa shape index (κ1) is 16.5. The van der Waals surface area contributed by atoms with Crippen molar-refractivity contribution in [3.8, 4) is 0 Å². The van der Waals surface area contributed by atoms with Crippen LogP contribution in [0.5, 0.6) is 0 Å². The summed E-state index contributed by atoms with van der Waals surface area (Å²) in [6.07, 6.45) is 3.32. The van der Waals surface area contributed by atoms with Gasteiger partial charge in [0.15, 0.2) is 0 Å². The van der Waals surface area contributed by atoms with Gasteiger partial charge in [-0.25, -0.2) is 0 Å². The van der Waals surface area contributed by atoms with Crippen molar-refractivity contribution in [3.05, 3.63) is 53.6 Å². The van der Waals surface area contributed by atoms with Gasteiger partial charge in [0.1, 0.15) is 0 Å². The number of hydrogen-bond donors (Lipinski definition) is 0. The van der Waals surface area contributed by atoms with Crippen LogP contribution in [-0.4, -0.2) is 49.3 Å². The van der Waals surface area contributed by atoms with Gasteiger partial charge in [-0.3, -0.25) is 4.90 Å². The Hall–Kier alpha value is -0.940. The Labute approximate surface area is 153 Å². The molecule has 24 heavy (non-hydrogen) atoms. The smallest absolute Gasteiger partial charge is 0.0401 e. The summed E-state index contributed by atoms with van der Waals surface area (Å²) in [5, 5.41) is 0. The van der Waals surface area contributed by atoms with Gasteiger partial charge >= 0.3 is 0 Å². The molecular formula is C20H24N2S2. The van der Waals surface area contributed by atoms with E-state index >= 15 is 0 Å². The fourth-order valence-corrected chi connectivity index (χ4v) is 5.76. The quantitative estimate of drug-likeness (QED) is 0.735. The average Bonchev–Trinajstić information content (AvgIpc) is 2.79. The molecule has 0 aliphatic carbocycles. The number of rotatable bonds is 2. The zero-order valence-electron chi connectivity index (χ0n) is 14.4. The first-order valence-corrected chi connectivity index (χ1v) is 10.7. The summed E-state index contributed by atoms with van der Waals surface area (Å²) in [6.45, 7) is 4.67. The van der Waals surface area contributed by atoms with E-state index in [1.807, 2.05) is 23.5 Å². The molecule has 4 rings (SSSR count). The lowest BCUT2D eigenvalue weighted by Gasteiger charge is -2.38. The average molecular weight is 357 g/mol. The molecular weight excluding hydrogens is 332 g/mol. The molecule has 0 bridgehead atoms. The molecule has 0 radical (unpaired) electrons. The van der Waals surface area contributed by atoms with E-state index in [4.69, 9.17) is 0 Å². The number of nitrogens with zero attached hydrogens (tertiary/aromatic N) is 2. The van der Waals surface area contributed by atoms with Gasteiger partial charge in [0.05, 0.1) is 0 Å². The van der Waals surface area contributed by atoms with Gasteiger partial charge in [-0.1, -0.05) is 42.1 Å². The van der Waals surface area contributed by atoms with Crippen LogP contribution in [0.25, 0.3) is 0 Å². The third-order valence-electron chi connectivity index (χ3n) is 5.16. The van der Waals surface area contributed by atoms with E-state index in [1.54, 1.807) is 0 Å².